The number of para-hydroxylation sites is 1. The molecule has 0 saturated carbocycles. The minimum atomic E-state index is -0.432. The Morgan fingerprint density at radius 3 is 2.50 bits per heavy atom. The standard InChI is InChI=1S/C14H11BrFNO/c15-11-6-2-1-5-10(11)9-14(18)17-13-8-4-3-7-12(13)16/h1-8H,9H2,(H,17,18). The Kier molecular flexibility index (Phi) is 4.10. The number of hydrogen-bond donors (Lipinski definition) is 1. The maximum absolute atomic E-state index is 13.3. The third kappa shape index (κ3) is 3.17. The lowest BCUT2D eigenvalue weighted by atomic mass is 10.1. The Hall–Kier alpha value is -1.68. The summed E-state index contributed by atoms with van der Waals surface area (Å²) in [6.07, 6.45) is 0.204. The topological polar surface area (TPSA) is 29.1 Å². The van der Waals surface area contributed by atoms with E-state index in [9.17, 15) is 9.18 Å². The highest BCUT2D eigenvalue weighted by Crippen LogP contribution is 2.18. The van der Waals surface area contributed by atoms with Gasteiger partial charge in [-0.05, 0) is 23.8 Å². The number of halogens is 2. The van der Waals surface area contributed by atoms with E-state index < -0.39 is 5.82 Å². The van der Waals surface area contributed by atoms with E-state index in [4.69, 9.17) is 0 Å². The largest absolute Gasteiger partial charge is 0.323 e. The average molecular weight is 308 g/mol. The summed E-state index contributed by atoms with van der Waals surface area (Å²) in [7, 11) is 0. The second-order valence-electron chi connectivity index (χ2n) is 3.80. The minimum Gasteiger partial charge on any atom is -0.323 e. The normalized spacial score (nSPS) is 10.1. The molecule has 4 heteroatoms. The molecule has 0 aliphatic carbocycles. The van der Waals surface area contributed by atoms with Crippen molar-refractivity contribution in [2.45, 2.75) is 6.42 Å². The molecule has 0 aromatic heterocycles. The van der Waals surface area contributed by atoms with Gasteiger partial charge in [0.15, 0.2) is 0 Å². The van der Waals surface area contributed by atoms with Crippen LogP contribution >= 0.6 is 15.9 Å². The number of anilines is 1. The summed E-state index contributed by atoms with van der Waals surface area (Å²) < 4.78 is 14.2. The Labute approximate surface area is 113 Å². The van der Waals surface area contributed by atoms with Crippen molar-refractivity contribution in [2.75, 3.05) is 5.32 Å². The van der Waals surface area contributed by atoms with Crippen molar-refractivity contribution in [3.63, 3.8) is 0 Å². The van der Waals surface area contributed by atoms with Crippen LogP contribution < -0.4 is 5.32 Å². The van der Waals surface area contributed by atoms with Crippen LogP contribution in [0.25, 0.3) is 0 Å². The number of benzene rings is 2. The molecule has 0 atom stereocenters. The summed E-state index contributed by atoms with van der Waals surface area (Å²) >= 11 is 3.37. The van der Waals surface area contributed by atoms with Gasteiger partial charge in [0, 0.05) is 4.47 Å². The number of nitrogens with one attached hydrogen (secondary N) is 1. The third-order valence-electron chi connectivity index (χ3n) is 2.46. The summed E-state index contributed by atoms with van der Waals surface area (Å²) in [5, 5.41) is 2.55. The van der Waals surface area contributed by atoms with E-state index in [0.29, 0.717) is 0 Å². The molecular weight excluding hydrogens is 297 g/mol. The maximum atomic E-state index is 13.3. The van der Waals surface area contributed by atoms with E-state index in [2.05, 4.69) is 21.2 Å². The molecular formula is C14H11BrFNO. The fourth-order valence-electron chi connectivity index (χ4n) is 1.57. The van der Waals surface area contributed by atoms with Crippen molar-refractivity contribution in [1.29, 1.82) is 0 Å². The van der Waals surface area contributed by atoms with Gasteiger partial charge in [0.05, 0.1) is 12.1 Å². The molecule has 18 heavy (non-hydrogen) atoms. The lowest BCUT2D eigenvalue weighted by Crippen LogP contribution is -2.15. The van der Waals surface area contributed by atoms with Gasteiger partial charge in [-0.25, -0.2) is 4.39 Å². The average Bonchev–Trinajstić information content (AvgIpc) is 2.35. The Morgan fingerprint density at radius 2 is 1.78 bits per heavy atom. The zero-order chi connectivity index (χ0) is 13.0. The van der Waals surface area contributed by atoms with Gasteiger partial charge in [0.25, 0.3) is 0 Å². The first-order valence-corrected chi connectivity index (χ1v) is 6.24. The summed E-state index contributed by atoms with van der Waals surface area (Å²) in [5.74, 6) is -0.676. The quantitative estimate of drug-likeness (QED) is 0.919. The van der Waals surface area contributed by atoms with Crippen LogP contribution in [0.4, 0.5) is 10.1 Å². The predicted octanol–water partition coefficient (Wildman–Crippen LogP) is 3.77. The van der Waals surface area contributed by atoms with Gasteiger partial charge in [-0.1, -0.05) is 46.3 Å². The SMILES string of the molecule is O=C(Cc1ccccc1Br)Nc1ccccc1F. The van der Waals surface area contributed by atoms with E-state index in [1.165, 1.54) is 12.1 Å². The second-order valence-corrected chi connectivity index (χ2v) is 4.65. The van der Waals surface area contributed by atoms with Crippen molar-refractivity contribution in [2.24, 2.45) is 0 Å². The number of rotatable bonds is 3. The minimum absolute atomic E-state index is 0.203. The van der Waals surface area contributed by atoms with E-state index in [1.807, 2.05) is 24.3 Å². The molecule has 0 aliphatic rings. The van der Waals surface area contributed by atoms with Crippen LogP contribution in [0, 0.1) is 5.82 Å². The molecule has 0 unspecified atom stereocenters. The van der Waals surface area contributed by atoms with Crippen LogP contribution in [-0.4, -0.2) is 5.91 Å². The summed E-state index contributed by atoms with van der Waals surface area (Å²) in [5.41, 5.74) is 1.07. The molecule has 0 spiro atoms. The maximum Gasteiger partial charge on any atom is 0.228 e. The number of carbonyl (C=O) groups is 1. The first-order valence-electron chi connectivity index (χ1n) is 5.44. The summed E-state index contributed by atoms with van der Waals surface area (Å²) in [4.78, 5) is 11.8. The molecule has 0 heterocycles. The second kappa shape index (κ2) is 5.78. The van der Waals surface area contributed by atoms with Crippen molar-refractivity contribution in [3.8, 4) is 0 Å². The molecule has 0 bridgehead atoms. The van der Waals surface area contributed by atoms with Crippen molar-refractivity contribution >= 4 is 27.5 Å². The van der Waals surface area contributed by atoms with E-state index in [-0.39, 0.29) is 18.0 Å². The number of carbonyl (C=O) groups excluding carboxylic acids is 1. The first-order chi connectivity index (χ1) is 8.66. The summed E-state index contributed by atoms with van der Waals surface area (Å²) in [6, 6.07) is 13.6. The van der Waals surface area contributed by atoms with Gasteiger partial charge in [-0.15, -0.1) is 0 Å². The molecule has 2 rings (SSSR count). The molecule has 0 fully saturated rings. The highest BCUT2D eigenvalue weighted by molar-refractivity contribution is 9.10. The van der Waals surface area contributed by atoms with Crippen molar-refractivity contribution < 1.29 is 9.18 Å². The van der Waals surface area contributed by atoms with Gasteiger partial charge in [-0.2, -0.15) is 0 Å². The number of hydrogen-bond acceptors (Lipinski definition) is 1. The first kappa shape index (κ1) is 12.8. The third-order valence-corrected chi connectivity index (χ3v) is 3.23. The van der Waals surface area contributed by atoms with Crippen LogP contribution in [-0.2, 0) is 11.2 Å². The zero-order valence-electron chi connectivity index (χ0n) is 9.49. The molecule has 0 radical (unpaired) electrons. The lowest BCUT2D eigenvalue weighted by Gasteiger charge is -2.07. The molecule has 0 saturated heterocycles. The van der Waals surface area contributed by atoms with Gasteiger partial charge >= 0.3 is 0 Å². The van der Waals surface area contributed by atoms with Crippen LogP contribution in [0.3, 0.4) is 0 Å². The highest BCUT2D eigenvalue weighted by atomic mass is 79.9. The van der Waals surface area contributed by atoms with E-state index in [0.717, 1.165) is 10.0 Å². The van der Waals surface area contributed by atoms with Crippen LogP contribution in [0.5, 0.6) is 0 Å². The molecule has 1 amide bonds. The van der Waals surface area contributed by atoms with E-state index in [1.54, 1.807) is 12.1 Å². The monoisotopic (exact) mass is 307 g/mol. The fourth-order valence-corrected chi connectivity index (χ4v) is 2.00. The van der Waals surface area contributed by atoms with Gasteiger partial charge in [-0.3, -0.25) is 4.79 Å². The van der Waals surface area contributed by atoms with Crippen molar-refractivity contribution in [3.05, 3.63) is 64.4 Å². The molecule has 1 N–H and O–H groups in total. The highest BCUT2D eigenvalue weighted by Gasteiger charge is 2.08. The molecule has 92 valence electrons. The predicted molar refractivity (Wildman–Crippen MR) is 72.9 cm³/mol. The molecule has 2 nitrogen and oxygen atoms in total. The van der Waals surface area contributed by atoms with Gasteiger partial charge in [0.2, 0.25) is 5.91 Å². The fraction of sp³-hybridized carbons (Fsp3) is 0.0714. The van der Waals surface area contributed by atoms with Gasteiger partial charge < -0.3 is 5.32 Å². The Morgan fingerprint density at radius 1 is 1.11 bits per heavy atom. The Bertz CT molecular complexity index is 522. The molecule has 2 aromatic carbocycles. The smallest absolute Gasteiger partial charge is 0.228 e. The van der Waals surface area contributed by atoms with E-state index >= 15 is 0 Å². The Balaban J connectivity index is 2.06. The molecule has 2 aromatic rings. The van der Waals surface area contributed by atoms with Crippen molar-refractivity contribution in [1.82, 2.24) is 0 Å². The van der Waals surface area contributed by atoms with Crippen LogP contribution in [0.15, 0.2) is 53.0 Å². The number of amides is 1. The van der Waals surface area contributed by atoms with Crippen LogP contribution in [0.2, 0.25) is 0 Å². The van der Waals surface area contributed by atoms with Gasteiger partial charge in [0.1, 0.15) is 5.82 Å². The van der Waals surface area contributed by atoms with Crippen LogP contribution in [0.1, 0.15) is 5.56 Å². The zero-order valence-corrected chi connectivity index (χ0v) is 11.1. The lowest BCUT2D eigenvalue weighted by molar-refractivity contribution is -0.115. The molecule has 0 aliphatic heterocycles. The summed E-state index contributed by atoms with van der Waals surface area (Å²) in [6.45, 7) is 0.